The van der Waals surface area contributed by atoms with E-state index in [-0.39, 0.29) is 10.9 Å². The topological polar surface area (TPSA) is 76.4 Å². The van der Waals surface area contributed by atoms with Crippen LogP contribution in [0.4, 0.5) is 5.69 Å². The first-order valence-corrected chi connectivity index (χ1v) is 6.87. The number of thiocarbonyl (C=S) groups is 1. The van der Waals surface area contributed by atoms with Crippen molar-refractivity contribution in [2.24, 2.45) is 5.73 Å². The lowest BCUT2D eigenvalue weighted by Crippen LogP contribution is -2.39. The second-order valence-corrected chi connectivity index (χ2v) is 5.06. The molecule has 0 aromatic heterocycles. The van der Waals surface area contributed by atoms with Gasteiger partial charge in [0.1, 0.15) is 11.0 Å². The van der Waals surface area contributed by atoms with Crippen LogP contribution in [0, 0.1) is 0 Å². The number of ether oxygens (including phenoxy) is 1. The minimum Gasteiger partial charge on any atom is -0.389 e. The van der Waals surface area contributed by atoms with Crippen LogP contribution in [0.2, 0.25) is 5.02 Å². The Morgan fingerprint density at radius 1 is 1.55 bits per heavy atom. The summed E-state index contributed by atoms with van der Waals surface area (Å²) < 4.78 is 4.86. The summed E-state index contributed by atoms with van der Waals surface area (Å²) in [5.74, 6) is -0.128. The highest BCUT2D eigenvalue weighted by Crippen LogP contribution is 2.23. The molecule has 1 rings (SSSR count). The number of rotatable bonds is 7. The van der Waals surface area contributed by atoms with E-state index in [1.54, 1.807) is 32.2 Å². The Labute approximate surface area is 128 Å². The molecule has 1 aromatic rings. The Kier molecular flexibility index (Phi) is 6.70. The van der Waals surface area contributed by atoms with Gasteiger partial charge in [-0.3, -0.25) is 4.79 Å². The fraction of sp³-hybridized carbons (Fsp3) is 0.385. The zero-order chi connectivity index (χ0) is 15.1. The lowest BCUT2D eigenvalue weighted by Gasteiger charge is -2.16. The van der Waals surface area contributed by atoms with E-state index in [2.05, 4.69) is 10.6 Å². The van der Waals surface area contributed by atoms with Gasteiger partial charge < -0.3 is 21.1 Å². The van der Waals surface area contributed by atoms with Crippen molar-refractivity contribution >= 4 is 40.4 Å². The highest BCUT2D eigenvalue weighted by Gasteiger charge is 2.13. The molecule has 0 saturated carbocycles. The normalized spacial score (nSPS) is 11.8. The Morgan fingerprint density at radius 2 is 2.25 bits per heavy atom. The number of hydrogen-bond acceptors (Lipinski definition) is 4. The van der Waals surface area contributed by atoms with Crippen molar-refractivity contribution < 1.29 is 9.53 Å². The van der Waals surface area contributed by atoms with Crippen LogP contribution in [0.3, 0.4) is 0 Å². The quantitative estimate of drug-likeness (QED) is 0.525. The molecule has 0 saturated heterocycles. The molecule has 0 bridgehead atoms. The number of amides is 1. The number of nitrogens with two attached hydrogens (primary N) is 1. The zero-order valence-corrected chi connectivity index (χ0v) is 13.0. The van der Waals surface area contributed by atoms with Crippen molar-refractivity contribution in [3.8, 4) is 0 Å². The van der Waals surface area contributed by atoms with Crippen LogP contribution in [0.1, 0.15) is 12.5 Å². The van der Waals surface area contributed by atoms with Gasteiger partial charge in [0.15, 0.2) is 0 Å². The van der Waals surface area contributed by atoms with E-state index in [0.29, 0.717) is 29.4 Å². The van der Waals surface area contributed by atoms with E-state index in [1.165, 1.54) is 0 Å². The van der Waals surface area contributed by atoms with Crippen LogP contribution in [0.15, 0.2) is 18.2 Å². The molecule has 0 aliphatic rings. The van der Waals surface area contributed by atoms with Crippen molar-refractivity contribution in [2.45, 2.75) is 13.0 Å². The Balaban J connectivity index is 2.63. The maximum Gasteiger partial charge on any atom is 0.242 e. The van der Waals surface area contributed by atoms with Crippen LogP contribution in [-0.4, -0.2) is 37.2 Å². The smallest absolute Gasteiger partial charge is 0.242 e. The van der Waals surface area contributed by atoms with Gasteiger partial charge >= 0.3 is 0 Å². The van der Waals surface area contributed by atoms with Crippen molar-refractivity contribution in [1.29, 1.82) is 0 Å². The van der Waals surface area contributed by atoms with Crippen molar-refractivity contribution in [2.75, 3.05) is 25.6 Å². The van der Waals surface area contributed by atoms with E-state index in [1.807, 2.05) is 0 Å². The zero-order valence-electron chi connectivity index (χ0n) is 11.4. The molecule has 4 N–H and O–H groups in total. The molecule has 0 fully saturated rings. The van der Waals surface area contributed by atoms with E-state index < -0.39 is 6.04 Å². The van der Waals surface area contributed by atoms with E-state index >= 15 is 0 Å². The molecule has 0 aliphatic heterocycles. The minimum absolute atomic E-state index is 0.128. The monoisotopic (exact) mass is 315 g/mol. The first kappa shape index (κ1) is 16.7. The lowest BCUT2D eigenvalue weighted by atomic mass is 10.2. The van der Waals surface area contributed by atoms with Crippen LogP contribution < -0.4 is 16.4 Å². The van der Waals surface area contributed by atoms with Gasteiger partial charge in [-0.1, -0.05) is 23.8 Å². The molecule has 110 valence electrons. The molecule has 1 atom stereocenters. The fourth-order valence-electron chi connectivity index (χ4n) is 1.51. The van der Waals surface area contributed by atoms with Gasteiger partial charge in [0.2, 0.25) is 5.91 Å². The number of nitrogens with one attached hydrogen (secondary N) is 2. The summed E-state index contributed by atoms with van der Waals surface area (Å²) >= 11 is 11.0. The summed E-state index contributed by atoms with van der Waals surface area (Å²) in [6.45, 7) is 2.69. The first-order valence-electron chi connectivity index (χ1n) is 6.08. The third-order valence-corrected chi connectivity index (χ3v) is 3.17. The van der Waals surface area contributed by atoms with E-state index in [4.69, 9.17) is 34.3 Å². The average Bonchev–Trinajstić information content (AvgIpc) is 2.40. The molecule has 7 heteroatoms. The number of benzene rings is 1. The van der Waals surface area contributed by atoms with Crippen LogP contribution in [0.5, 0.6) is 0 Å². The van der Waals surface area contributed by atoms with Gasteiger partial charge in [-0.05, 0) is 25.1 Å². The average molecular weight is 316 g/mol. The van der Waals surface area contributed by atoms with Crippen molar-refractivity contribution in [1.82, 2.24) is 5.32 Å². The van der Waals surface area contributed by atoms with Gasteiger partial charge in [0.05, 0.1) is 17.3 Å². The second-order valence-electron chi connectivity index (χ2n) is 4.21. The molecular weight excluding hydrogens is 298 g/mol. The Morgan fingerprint density at radius 3 is 2.80 bits per heavy atom. The van der Waals surface area contributed by atoms with E-state index in [0.717, 1.165) is 0 Å². The van der Waals surface area contributed by atoms with Crippen LogP contribution >= 0.6 is 23.8 Å². The van der Waals surface area contributed by atoms with Gasteiger partial charge in [0.25, 0.3) is 0 Å². The predicted molar refractivity (Wildman–Crippen MR) is 85.3 cm³/mol. The summed E-state index contributed by atoms with van der Waals surface area (Å²) in [6.07, 6.45) is 0. The Bertz CT molecular complexity index is 497. The van der Waals surface area contributed by atoms with Gasteiger partial charge in [-0.2, -0.15) is 0 Å². The summed E-state index contributed by atoms with van der Waals surface area (Å²) in [7, 11) is 1.58. The third-order valence-electron chi connectivity index (χ3n) is 2.62. The molecule has 1 amide bonds. The lowest BCUT2D eigenvalue weighted by molar-refractivity contribution is -0.121. The number of carbonyl (C=O) groups is 1. The summed E-state index contributed by atoms with van der Waals surface area (Å²) in [5.41, 5.74) is 6.87. The van der Waals surface area contributed by atoms with Crippen molar-refractivity contribution in [3.05, 3.63) is 28.8 Å². The standard InChI is InChI=1S/C13H18ClN3O2S/c1-8(13(18)16-5-6-19-2)17-11-4-3-9(12(15)20)7-10(11)14/h3-4,7-8,17H,5-6H2,1-2H3,(H2,15,20)(H,16,18). The summed E-state index contributed by atoms with van der Waals surface area (Å²) in [5, 5.41) is 6.24. The maximum atomic E-state index is 11.8. The minimum atomic E-state index is -0.417. The van der Waals surface area contributed by atoms with Gasteiger partial charge in [0, 0.05) is 19.2 Å². The van der Waals surface area contributed by atoms with Gasteiger partial charge in [-0.15, -0.1) is 0 Å². The highest BCUT2D eigenvalue weighted by molar-refractivity contribution is 7.80. The molecular formula is C13H18ClN3O2S. The molecule has 5 nitrogen and oxygen atoms in total. The molecule has 1 unspecified atom stereocenters. The molecule has 0 aliphatic carbocycles. The molecule has 1 aromatic carbocycles. The maximum absolute atomic E-state index is 11.8. The number of anilines is 1. The molecule has 0 heterocycles. The summed E-state index contributed by atoms with van der Waals surface area (Å²) in [4.78, 5) is 12.1. The summed E-state index contributed by atoms with van der Waals surface area (Å²) in [6, 6.07) is 4.75. The molecule has 20 heavy (non-hydrogen) atoms. The predicted octanol–water partition coefficient (Wildman–Crippen LogP) is 1.54. The number of halogens is 1. The van der Waals surface area contributed by atoms with E-state index in [9.17, 15) is 4.79 Å². The SMILES string of the molecule is COCCNC(=O)C(C)Nc1ccc(C(N)=S)cc1Cl. The second kappa shape index (κ2) is 8.04. The molecule has 0 spiro atoms. The first-order chi connectivity index (χ1) is 9.45. The van der Waals surface area contributed by atoms with Crippen molar-refractivity contribution in [3.63, 3.8) is 0 Å². The van der Waals surface area contributed by atoms with Crippen LogP contribution in [0.25, 0.3) is 0 Å². The highest BCUT2D eigenvalue weighted by atomic mass is 35.5. The third kappa shape index (κ3) is 4.96. The fourth-order valence-corrected chi connectivity index (χ4v) is 1.88. The number of hydrogen-bond donors (Lipinski definition) is 3. The molecule has 0 radical (unpaired) electrons. The largest absolute Gasteiger partial charge is 0.389 e. The number of methoxy groups -OCH3 is 1. The van der Waals surface area contributed by atoms with Gasteiger partial charge in [-0.25, -0.2) is 0 Å². The number of carbonyl (C=O) groups excluding carboxylic acids is 1. The van der Waals surface area contributed by atoms with Crippen LogP contribution in [-0.2, 0) is 9.53 Å². The Hall–Kier alpha value is -1.37.